The molecule has 2 rings (SSSR count). The van der Waals surface area contributed by atoms with E-state index in [1.165, 1.54) is 0 Å². The molecule has 0 aromatic heterocycles. The van der Waals surface area contributed by atoms with Gasteiger partial charge in [-0.25, -0.2) is 4.74 Å². The van der Waals surface area contributed by atoms with Gasteiger partial charge < -0.3 is 4.74 Å². The zero-order valence-corrected chi connectivity index (χ0v) is 7.75. The van der Waals surface area contributed by atoms with E-state index in [0.29, 0.717) is 5.75 Å². The number of hydrogen-bond donors (Lipinski definition) is 0. The van der Waals surface area contributed by atoms with Crippen molar-refractivity contribution >= 4 is 0 Å². The van der Waals surface area contributed by atoms with Gasteiger partial charge in [0, 0.05) is 12.8 Å². The number of benzene rings is 1. The van der Waals surface area contributed by atoms with Crippen LogP contribution in [0.2, 0.25) is 0 Å². The molecule has 1 aliphatic rings. The van der Waals surface area contributed by atoms with E-state index in [4.69, 9.17) is 4.74 Å². The molecule has 0 saturated heterocycles. The minimum absolute atomic E-state index is 0.265. The van der Waals surface area contributed by atoms with Crippen LogP contribution in [0.4, 0.5) is 13.2 Å². The monoisotopic (exact) mass is 218 g/mol. The van der Waals surface area contributed by atoms with Gasteiger partial charge in [0.2, 0.25) is 5.79 Å². The van der Waals surface area contributed by atoms with E-state index in [1.54, 1.807) is 30.3 Å². The van der Waals surface area contributed by atoms with Crippen molar-refractivity contribution in [1.29, 1.82) is 0 Å². The Labute approximate surface area is 84.6 Å². The van der Waals surface area contributed by atoms with Crippen LogP contribution in [0.3, 0.4) is 0 Å². The molecule has 5 heteroatoms. The molecule has 0 radical (unpaired) electrons. The van der Waals surface area contributed by atoms with Crippen molar-refractivity contribution in [2.75, 3.05) is 0 Å². The highest BCUT2D eigenvalue weighted by atomic mass is 19.4. The predicted octanol–water partition coefficient (Wildman–Crippen LogP) is 3.09. The highest BCUT2D eigenvalue weighted by Gasteiger charge is 2.55. The fraction of sp³-hybridized carbons (Fsp3) is 0.400. The number of alkyl halides is 3. The predicted molar refractivity (Wildman–Crippen MR) is 46.2 cm³/mol. The lowest BCUT2D eigenvalue weighted by Crippen LogP contribution is -2.30. The van der Waals surface area contributed by atoms with E-state index in [-0.39, 0.29) is 12.8 Å². The van der Waals surface area contributed by atoms with E-state index >= 15 is 0 Å². The normalized spacial score (nSPS) is 18.6. The fourth-order valence-electron chi connectivity index (χ4n) is 1.24. The Morgan fingerprint density at radius 1 is 1.07 bits per heavy atom. The molecule has 0 aliphatic heterocycles. The van der Waals surface area contributed by atoms with E-state index in [2.05, 4.69) is 4.74 Å². The number of para-hydroxylation sites is 1. The lowest BCUT2D eigenvalue weighted by atomic mass is 10.3. The van der Waals surface area contributed by atoms with Crippen molar-refractivity contribution in [2.24, 2.45) is 0 Å². The summed E-state index contributed by atoms with van der Waals surface area (Å²) in [7, 11) is 0. The first-order chi connectivity index (χ1) is 6.99. The molecular formula is C10H9F3O2. The summed E-state index contributed by atoms with van der Waals surface area (Å²) in [5.74, 6) is -1.10. The molecule has 0 heterocycles. The Hall–Kier alpha value is -1.23. The molecule has 1 aromatic carbocycles. The van der Waals surface area contributed by atoms with Gasteiger partial charge in [-0.05, 0) is 12.1 Å². The molecule has 1 saturated carbocycles. The second-order valence-electron chi connectivity index (χ2n) is 3.37. The second-order valence-corrected chi connectivity index (χ2v) is 3.37. The molecule has 0 unspecified atom stereocenters. The highest BCUT2D eigenvalue weighted by Crippen LogP contribution is 2.45. The summed E-state index contributed by atoms with van der Waals surface area (Å²) >= 11 is 0. The summed E-state index contributed by atoms with van der Waals surface area (Å²) in [4.78, 5) is 0. The van der Waals surface area contributed by atoms with Gasteiger partial charge in [0.1, 0.15) is 5.75 Å². The smallest absolute Gasteiger partial charge is 0.462 e. The van der Waals surface area contributed by atoms with E-state index in [1.807, 2.05) is 0 Å². The van der Waals surface area contributed by atoms with Crippen LogP contribution < -0.4 is 4.74 Å². The number of ether oxygens (including phenoxy) is 2. The van der Waals surface area contributed by atoms with Crippen molar-refractivity contribution in [3.63, 3.8) is 0 Å². The molecular weight excluding hydrogens is 209 g/mol. The Balaban J connectivity index is 2.00. The number of hydrogen-bond acceptors (Lipinski definition) is 2. The molecule has 0 bridgehead atoms. The standard InChI is InChI=1S/C10H9F3O2/c11-10(12,13)15-9(6-7-9)14-8-4-2-1-3-5-8/h1-5H,6-7H2. The van der Waals surface area contributed by atoms with Crippen LogP contribution in [0.1, 0.15) is 12.8 Å². The van der Waals surface area contributed by atoms with Crippen molar-refractivity contribution in [1.82, 2.24) is 0 Å². The maximum Gasteiger partial charge on any atom is 0.525 e. The topological polar surface area (TPSA) is 18.5 Å². The molecule has 0 atom stereocenters. The maximum absolute atomic E-state index is 12.0. The van der Waals surface area contributed by atoms with Gasteiger partial charge in [0.05, 0.1) is 0 Å². The number of halogens is 3. The summed E-state index contributed by atoms with van der Waals surface area (Å²) in [5, 5.41) is 0. The molecule has 1 aromatic rings. The van der Waals surface area contributed by atoms with Crippen molar-refractivity contribution in [2.45, 2.75) is 25.0 Å². The molecule has 82 valence electrons. The van der Waals surface area contributed by atoms with Crippen LogP contribution in [0.5, 0.6) is 5.75 Å². The molecule has 1 fully saturated rings. The molecule has 2 nitrogen and oxygen atoms in total. The fourth-order valence-corrected chi connectivity index (χ4v) is 1.24. The first kappa shape index (κ1) is 10.3. The van der Waals surface area contributed by atoms with Crippen molar-refractivity contribution < 1.29 is 22.6 Å². The lowest BCUT2D eigenvalue weighted by Gasteiger charge is -2.19. The Bertz CT molecular complexity index is 330. The largest absolute Gasteiger partial charge is 0.525 e. The van der Waals surface area contributed by atoms with Crippen LogP contribution in [-0.2, 0) is 4.74 Å². The highest BCUT2D eigenvalue weighted by molar-refractivity contribution is 5.22. The first-order valence-corrected chi connectivity index (χ1v) is 4.50. The zero-order valence-electron chi connectivity index (χ0n) is 7.75. The summed E-state index contributed by atoms with van der Waals surface area (Å²) < 4.78 is 45.0. The van der Waals surface area contributed by atoms with Crippen molar-refractivity contribution in [3.8, 4) is 5.75 Å². The lowest BCUT2D eigenvalue weighted by molar-refractivity contribution is -0.376. The minimum Gasteiger partial charge on any atom is -0.462 e. The first-order valence-electron chi connectivity index (χ1n) is 4.50. The molecule has 0 spiro atoms. The van der Waals surface area contributed by atoms with Gasteiger partial charge in [-0.3, -0.25) is 0 Å². The van der Waals surface area contributed by atoms with Crippen LogP contribution >= 0.6 is 0 Å². The Kier molecular flexibility index (Phi) is 2.34. The minimum atomic E-state index is -4.65. The second kappa shape index (κ2) is 3.41. The van der Waals surface area contributed by atoms with E-state index in [9.17, 15) is 13.2 Å². The van der Waals surface area contributed by atoms with Crippen LogP contribution in [0, 0.1) is 0 Å². The molecule has 15 heavy (non-hydrogen) atoms. The molecule has 0 N–H and O–H groups in total. The van der Waals surface area contributed by atoms with Crippen LogP contribution in [-0.4, -0.2) is 12.1 Å². The number of rotatable bonds is 3. The van der Waals surface area contributed by atoms with Crippen LogP contribution in [0.25, 0.3) is 0 Å². The SMILES string of the molecule is FC(F)(F)OC1(Oc2ccccc2)CC1. The van der Waals surface area contributed by atoms with Gasteiger partial charge in [0.15, 0.2) is 0 Å². The van der Waals surface area contributed by atoms with Gasteiger partial charge in [-0.2, -0.15) is 0 Å². The van der Waals surface area contributed by atoms with Gasteiger partial charge in [-0.1, -0.05) is 18.2 Å². The van der Waals surface area contributed by atoms with Gasteiger partial charge in [0.25, 0.3) is 0 Å². The van der Waals surface area contributed by atoms with Gasteiger partial charge in [-0.15, -0.1) is 13.2 Å². The molecule has 0 amide bonds. The third-order valence-electron chi connectivity index (χ3n) is 2.01. The average Bonchev–Trinajstić information content (AvgIpc) is 2.83. The summed E-state index contributed by atoms with van der Waals surface area (Å²) in [6, 6.07) is 8.34. The van der Waals surface area contributed by atoms with E-state index in [0.717, 1.165) is 0 Å². The third kappa shape index (κ3) is 2.86. The molecule has 1 aliphatic carbocycles. The van der Waals surface area contributed by atoms with Crippen molar-refractivity contribution in [3.05, 3.63) is 30.3 Å². The summed E-state index contributed by atoms with van der Waals surface area (Å²) in [5.41, 5.74) is 0. The third-order valence-corrected chi connectivity index (χ3v) is 2.01. The van der Waals surface area contributed by atoms with Crippen LogP contribution in [0.15, 0.2) is 30.3 Å². The Morgan fingerprint density at radius 3 is 2.13 bits per heavy atom. The maximum atomic E-state index is 12.0. The summed E-state index contributed by atoms with van der Waals surface area (Å²) in [6.07, 6.45) is -4.12. The zero-order chi connectivity index (χ0) is 10.9. The van der Waals surface area contributed by atoms with E-state index < -0.39 is 12.1 Å². The van der Waals surface area contributed by atoms with Gasteiger partial charge >= 0.3 is 6.36 Å². The average molecular weight is 218 g/mol. The summed E-state index contributed by atoms with van der Waals surface area (Å²) in [6.45, 7) is 0. The Morgan fingerprint density at radius 2 is 1.67 bits per heavy atom. The quantitative estimate of drug-likeness (QED) is 0.726.